The molecule has 0 atom stereocenters. The first-order valence-electron chi connectivity index (χ1n) is 6.13. The standard InChI is InChI=1S/C14H10FNO.C2H6/c1-10-2-7-14(13(15)8-10)17-12-5-3-11(9-16)4-6-12;1-2/h2-8H,1H3;1-2H3. The van der Waals surface area contributed by atoms with Crippen LogP contribution >= 0.6 is 0 Å². The second-order valence-electron chi connectivity index (χ2n) is 3.67. The van der Waals surface area contributed by atoms with E-state index in [-0.39, 0.29) is 5.75 Å². The van der Waals surface area contributed by atoms with E-state index in [0.29, 0.717) is 11.3 Å². The van der Waals surface area contributed by atoms with Crippen LogP contribution in [-0.4, -0.2) is 0 Å². The van der Waals surface area contributed by atoms with Crippen molar-refractivity contribution in [1.29, 1.82) is 5.26 Å². The van der Waals surface area contributed by atoms with Crippen molar-refractivity contribution in [2.45, 2.75) is 20.8 Å². The maximum absolute atomic E-state index is 13.5. The molecule has 0 fully saturated rings. The molecule has 0 saturated heterocycles. The van der Waals surface area contributed by atoms with Crippen molar-refractivity contribution in [3.8, 4) is 17.6 Å². The minimum absolute atomic E-state index is 0.181. The highest BCUT2D eigenvalue weighted by Crippen LogP contribution is 2.25. The summed E-state index contributed by atoms with van der Waals surface area (Å²) in [4.78, 5) is 0. The van der Waals surface area contributed by atoms with Gasteiger partial charge in [-0.3, -0.25) is 0 Å². The molecule has 2 rings (SSSR count). The highest BCUT2D eigenvalue weighted by atomic mass is 19.1. The molecule has 0 aliphatic heterocycles. The fraction of sp³-hybridized carbons (Fsp3) is 0.188. The molecule has 0 aliphatic rings. The van der Waals surface area contributed by atoms with Crippen molar-refractivity contribution in [2.24, 2.45) is 0 Å². The third-order valence-corrected chi connectivity index (χ3v) is 2.30. The highest BCUT2D eigenvalue weighted by molar-refractivity contribution is 5.38. The number of aryl methyl sites for hydroxylation is 1. The molecule has 0 amide bonds. The molecule has 0 saturated carbocycles. The molecular formula is C16H16FNO. The maximum atomic E-state index is 13.5. The number of nitrogens with zero attached hydrogens (tertiary/aromatic N) is 1. The summed E-state index contributed by atoms with van der Waals surface area (Å²) in [5.74, 6) is 0.293. The molecule has 0 bridgehead atoms. The van der Waals surface area contributed by atoms with Gasteiger partial charge in [0.2, 0.25) is 0 Å². The van der Waals surface area contributed by atoms with Crippen LogP contribution in [0, 0.1) is 24.1 Å². The number of benzene rings is 2. The van der Waals surface area contributed by atoms with Crippen LogP contribution in [0.25, 0.3) is 0 Å². The monoisotopic (exact) mass is 257 g/mol. The van der Waals surface area contributed by atoms with Gasteiger partial charge in [-0.2, -0.15) is 5.26 Å². The van der Waals surface area contributed by atoms with Crippen molar-refractivity contribution in [3.63, 3.8) is 0 Å². The minimum Gasteiger partial charge on any atom is -0.454 e. The zero-order valence-electron chi connectivity index (χ0n) is 11.3. The third-order valence-electron chi connectivity index (χ3n) is 2.30. The molecule has 3 heteroatoms. The van der Waals surface area contributed by atoms with Crippen molar-refractivity contribution in [3.05, 3.63) is 59.4 Å². The number of rotatable bonds is 2. The van der Waals surface area contributed by atoms with E-state index >= 15 is 0 Å². The van der Waals surface area contributed by atoms with Gasteiger partial charge < -0.3 is 4.74 Å². The molecule has 0 heterocycles. The van der Waals surface area contributed by atoms with Gasteiger partial charge in [-0.15, -0.1) is 0 Å². The summed E-state index contributed by atoms with van der Waals surface area (Å²) in [6.45, 7) is 5.81. The van der Waals surface area contributed by atoms with Gasteiger partial charge in [0, 0.05) is 0 Å². The van der Waals surface area contributed by atoms with Crippen LogP contribution < -0.4 is 4.74 Å². The van der Waals surface area contributed by atoms with E-state index in [1.54, 1.807) is 36.4 Å². The summed E-state index contributed by atoms with van der Waals surface area (Å²) in [7, 11) is 0. The molecule has 2 aromatic carbocycles. The van der Waals surface area contributed by atoms with Crippen LogP contribution in [-0.2, 0) is 0 Å². The lowest BCUT2D eigenvalue weighted by molar-refractivity contribution is 0.442. The molecule has 0 aromatic heterocycles. The van der Waals surface area contributed by atoms with E-state index in [4.69, 9.17) is 10.00 Å². The molecule has 0 N–H and O–H groups in total. The Kier molecular flexibility index (Phi) is 5.56. The topological polar surface area (TPSA) is 33.0 Å². The Bertz CT molecular complexity index is 570. The number of hydrogen-bond acceptors (Lipinski definition) is 2. The van der Waals surface area contributed by atoms with Gasteiger partial charge in [-0.25, -0.2) is 4.39 Å². The number of nitriles is 1. The summed E-state index contributed by atoms with van der Waals surface area (Å²) in [6, 6.07) is 13.3. The minimum atomic E-state index is -0.394. The lowest BCUT2D eigenvalue weighted by Crippen LogP contribution is -1.89. The Morgan fingerprint density at radius 3 is 2.21 bits per heavy atom. The highest BCUT2D eigenvalue weighted by Gasteiger charge is 2.04. The normalized spacial score (nSPS) is 9.00. The van der Waals surface area contributed by atoms with Crippen LogP contribution in [0.1, 0.15) is 25.0 Å². The lowest BCUT2D eigenvalue weighted by atomic mass is 10.2. The van der Waals surface area contributed by atoms with E-state index in [9.17, 15) is 4.39 Å². The number of hydrogen-bond donors (Lipinski definition) is 0. The van der Waals surface area contributed by atoms with Crippen LogP contribution in [0.4, 0.5) is 4.39 Å². The lowest BCUT2D eigenvalue weighted by Gasteiger charge is -2.07. The summed E-state index contributed by atoms with van der Waals surface area (Å²) in [5.41, 5.74) is 1.39. The molecule has 0 unspecified atom stereocenters. The predicted molar refractivity (Wildman–Crippen MR) is 73.7 cm³/mol. The van der Waals surface area contributed by atoms with Gasteiger partial charge in [0.25, 0.3) is 0 Å². The summed E-state index contributed by atoms with van der Waals surface area (Å²) < 4.78 is 18.9. The van der Waals surface area contributed by atoms with E-state index in [1.165, 1.54) is 6.07 Å². The predicted octanol–water partition coefficient (Wildman–Crippen LogP) is 4.82. The smallest absolute Gasteiger partial charge is 0.165 e. The Morgan fingerprint density at radius 2 is 1.68 bits per heavy atom. The van der Waals surface area contributed by atoms with Gasteiger partial charge in [-0.05, 0) is 48.9 Å². The molecule has 0 spiro atoms. The van der Waals surface area contributed by atoms with Crippen molar-refractivity contribution >= 4 is 0 Å². The first-order valence-corrected chi connectivity index (χ1v) is 6.13. The van der Waals surface area contributed by atoms with Crippen LogP contribution in [0.2, 0.25) is 0 Å². The zero-order chi connectivity index (χ0) is 14.3. The molecule has 98 valence electrons. The Morgan fingerprint density at radius 1 is 1.05 bits per heavy atom. The average Bonchev–Trinajstić information content (AvgIpc) is 2.45. The molecule has 2 aromatic rings. The van der Waals surface area contributed by atoms with Gasteiger partial charge in [-0.1, -0.05) is 19.9 Å². The molecule has 0 radical (unpaired) electrons. The van der Waals surface area contributed by atoms with Crippen LogP contribution in [0.15, 0.2) is 42.5 Å². The largest absolute Gasteiger partial charge is 0.454 e. The van der Waals surface area contributed by atoms with Gasteiger partial charge in [0.05, 0.1) is 11.6 Å². The number of halogens is 1. The van der Waals surface area contributed by atoms with E-state index < -0.39 is 5.82 Å². The summed E-state index contributed by atoms with van der Waals surface area (Å²) in [5, 5.41) is 8.64. The SMILES string of the molecule is CC.Cc1ccc(Oc2ccc(C#N)cc2)c(F)c1. The van der Waals surface area contributed by atoms with Crippen LogP contribution in [0.5, 0.6) is 11.5 Å². The quantitative estimate of drug-likeness (QED) is 0.772. The second-order valence-corrected chi connectivity index (χ2v) is 3.67. The summed E-state index contributed by atoms with van der Waals surface area (Å²) >= 11 is 0. The van der Waals surface area contributed by atoms with Crippen molar-refractivity contribution in [2.75, 3.05) is 0 Å². The molecule has 2 nitrogen and oxygen atoms in total. The first-order chi connectivity index (χ1) is 9.19. The Labute approximate surface area is 113 Å². The fourth-order valence-electron chi connectivity index (χ4n) is 1.41. The summed E-state index contributed by atoms with van der Waals surface area (Å²) in [6.07, 6.45) is 0. The molecular weight excluding hydrogens is 241 g/mol. The first kappa shape index (κ1) is 14.7. The van der Waals surface area contributed by atoms with Gasteiger partial charge >= 0.3 is 0 Å². The van der Waals surface area contributed by atoms with Gasteiger partial charge in [0.1, 0.15) is 5.75 Å². The molecule has 0 aliphatic carbocycles. The average molecular weight is 257 g/mol. The van der Waals surface area contributed by atoms with E-state index in [2.05, 4.69) is 0 Å². The van der Waals surface area contributed by atoms with E-state index in [1.807, 2.05) is 26.8 Å². The van der Waals surface area contributed by atoms with Crippen molar-refractivity contribution < 1.29 is 9.13 Å². The van der Waals surface area contributed by atoms with Gasteiger partial charge in [0.15, 0.2) is 11.6 Å². The Balaban J connectivity index is 0.000000861. The number of ether oxygens (including phenoxy) is 1. The fourth-order valence-corrected chi connectivity index (χ4v) is 1.41. The van der Waals surface area contributed by atoms with Crippen LogP contribution in [0.3, 0.4) is 0 Å². The Hall–Kier alpha value is -2.34. The maximum Gasteiger partial charge on any atom is 0.165 e. The van der Waals surface area contributed by atoms with Crippen molar-refractivity contribution in [1.82, 2.24) is 0 Å². The zero-order valence-corrected chi connectivity index (χ0v) is 11.3. The van der Waals surface area contributed by atoms with E-state index in [0.717, 1.165) is 5.56 Å². The second kappa shape index (κ2) is 7.17. The molecule has 19 heavy (non-hydrogen) atoms. The third kappa shape index (κ3) is 4.11.